The molecule has 1 saturated carbocycles. The largest absolute Gasteiger partial charge is 0.346 e. The highest BCUT2D eigenvalue weighted by atomic mass is 16.2. The van der Waals surface area contributed by atoms with Crippen LogP contribution in [0, 0.1) is 23.2 Å². The molecule has 24 heavy (non-hydrogen) atoms. The summed E-state index contributed by atoms with van der Waals surface area (Å²) in [7, 11) is 0. The number of aryl methyl sites for hydroxylation is 1. The first-order chi connectivity index (χ1) is 11.2. The predicted molar refractivity (Wildman–Crippen MR) is 94.3 cm³/mol. The van der Waals surface area contributed by atoms with Gasteiger partial charge in [0.15, 0.2) is 5.82 Å². The molecule has 1 amide bonds. The Bertz CT molecular complexity index is 667. The molecule has 0 saturated heterocycles. The van der Waals surface area contributed by atoms with Crippen LogP contribution >= 0.6 is 0 Å². The maximum Gasteiger partial charge on any atom is 0.224 e. The Morgan fingerprint density at radius 1 is 1.33 bits per heavy atom. The molecule has 3 rings (SSSR count). The third-order valence-corrected chi connectivity index (χ3v) is 5.59. The normalized spacial score (nSPS) is 25.3. The Morgan fingerprint density at radius 3 is 2.67 bits per heavy atom. The van der Waals surface area contributed by atoms with Crippen LogP contribution in [0.2, 0.25) is 0 Å². The zero-order valence-electron chi connectivity index (χ0n) is 15.8. The summed E-state index contributed by atoms with van der Waals surface area (Å²) < 4.78 is 2.19. The average Bonchev–Trinajstić information content (AvgIpc) is 2.87. The van der Waals surface area contributed by atoms with Crippen molar-refractivity contribution in [2.24, 2.45) is 23.2 Å². The van der Waals surface area contributed by atoms with Gasteiger partial charge in [-0.3, -0.25) is 4.79 Å². The van der Waals surface area contributed by atoms with Crippen LogP contribution in [0.25, 0.3) is 0 Å². The van der Waals surface area contributed by atoms with Gasteiger partial charge in [0.25, 0.3) is 0 Å². The fraction of sp³-hybridized carbons (Fsp3) is 0.737. The van der Waals surface area contributed by atoms with Crippen molar-refractivity contribution >= 4 is 5.91 Å². The summed E-state index contributed by atoms with van der Waals surface area (Å²) in [5.74, 6) is 2.79. The Balaban J connectivity index is 1.77. The van der Waals surface area contributed by atoms with Gasteiger partial charge in [-0.1, -0.05) is 39.3 Å². The molecular weight excluding hydrogens is 300 g/mol. The smallest absolute Gasteiger partial charge is 0.224 e. The summed E-state index contributed by atoms with van der Waals surface area (Å²) in [5, 5.41) is 12.0. The number of nitrogens with zero attached hydrogens (tertiary/aromatic N) is 3. The fourth-order valence-corrected chi connectivity index (χ4v) is 4.02. The first-order valence-corrected chi connectivity index (χ1v) is 9.11. The minimum absolute atomic E-state index is 0.0374. The Kier molecular flexibility index (Phi) is 4.30. The van der Waals surface area contributed by atoms with E-state index in [4.69, 9.17) is 0 Å². The maximum absolute atomic E-state index is 12.9. The van der Waals surface area contributed by atoms with Crippen molar-refractivity contribution in [1.29, 1.82) is 0 Å². The van der Waals surface area contributed by atoms with E-state index >= 15 is 0 Å². The van der Waals surface area contributed by atoms with E-state index in [1.807, 2.05) is 0 Å². The van der Waals surface area contributed by atoms with Gasteiger partial charge in [0.05, 0.1) is 12.0 Å². The summed E-state index contributed by atoms with van der Waals surface area (Å²) >= 11 is 0. The van der Waals surface area contributed by atoms with Crippen molar-refractivity contribution in [3.05, 3.63) is 23.3 Å². The van der Waals surface area contributed by atoms with Gasteiger partial charge in [0.1, 0.15) is 5.82 Å². The van der Waals surface area contributed by atoms with Crippen LogP contribution in [-0.4, -0.2) is 20.7 Å². The van der Waals surface area contributed by atoms with Crippen molar-refractivity contribution in [1.82, 2.24) is 20.1 Å². The Hall–Kier alpha value is -1.65. The molecule has 2 aliphatic rings. The number of nitrogens with one attached hydrogen (secondary N) is 1. The van der Waals surface area contributed by atoms with Gasteiger partial charge in [0, 0.05) is 13.0 Å². The topological polar surface area (TPSA) is 59.8 Å². The van der Waals surface area contributed by atoms with E-state index in [2.05, 4.69) is 67.7 Å². The lowest BCUT2D eigenvalue weighted by Crippen LogP contribution is -2.35. The zero-order valence-corrected chi connectivity index (χ0v) is 15.8. The number of aromatic nitrogens is 3. The van der Waals surface area contributed by atoms with E-state index in [0.717, 1.165) is 31.0 Å². The lowest BCUT2D eigenvalue weighted by atomic mass is 10.0. The number of carbonyl (C=O) groups is 1. The molecule has 5 heteroatoms. The second kappa shape index (κ2) is 6.01. The van der Waals surface area contributed by atoms with Crippen LogP contribution < -0.4 is 5.32 Å². The first-order valence-electron chi connectivity index (χ1n) is 9.11. The highest BCUT2D eigenvalue weighted by Crippen LogP contribution is 2.59. The van der Waals surface area contributed by atoms with Crippen molar-refractivity contribution < 1.29 is 4.79 Å². The van der Waals surface area contributed by atoms with Gasteiger partial charge in [-0.15, -0.1) is 10.2 Å². The lowest BCUT2D eigenvalue weighted by molar-refractivity contribution is -0.124. The molecule has 2 heterocycles. The van der Waals surface area contributed by atoms with Gasteiger partial charge in [-0.05, 0) is 37.5 Å². The van der Waals surface area contributed by atoms with Crippen LogP contribution in [0.3, 0.4) is 0 Å². The van der Waals surface area contributed by atoms with Crippen molar-refractivity contribution in [3.8, 4) is 0 Å². The van der Waals surface area contributed by atoms with E-state index in [0.29, 0.717) is 5.92 Å². The predicted octanol–water partition coefficient (Wildman–Crippen LogP) is 3.28. The maximum atomic E-state index is 12.9. The first kappa shape index (κ1) is 17.2. The summed E-state index contributed by atoms with van der Waals surface area (Å²) in [6.45, 7) is 13.8. The van der Waals surface area contributed by atoms with Crippen LogP contribution in [0.15, 0.2) is 11.6 Å². The molecule has 1 fully saturated rings. The standard InChI is InChI=1S/C19H30N4O/c1-11(2)10-13-15(19(13,5)6)18(24)20-16(12(3)4)17-22-21-14-8-7-9-23(14)17/h10,12-13,15-16H,7-9H2,1-6H3,(H,20,24)/t13-,15-,16+/m1/s1. The number of amides is 1. The summed E-state index contributed by atoms with van der Waals surface area (Å²) in [5.41, 5.74) is 1.31. The van der Waals surface area contributed by atoms with Gasteiger partial charge >= 0.3 is 0 Å². The fourth-order valence-electron chi connectivity index (χ4n) is 4.02. The zero-order chi connectivity index (χ0) is 17.6. The van der Waals surface area contributed by atoms with Gasteiger partial charge in [-0.2, -0.15) is 0 Å². The average molecular weight is 330 g/mol. The van der Waals surface area contributed by atoms with E-state index in [1.165, 1.54) is 5.57 Å². The minimum Gasteiger partial charge on any atom is -0.346 e. The number of fused-ring (bicyclic) bond motifs is 1. The second-order valence-corrected chi connectivity index (χ2v) is 8.53. The van der Waals surface area contributed by atoms with Crippen LogP contribution in [0.4, 0.5) is 0 Å². The van der Waals surface area contributed by atoms with Gasteiger partial charge in [-0.25, -0.2) is 0 Å². The number of hydrogen-bond donors (Lipinski definition) is 1. The molecule has 3 atom stereocenters. The van der Waals surface area contributed by atoms with Crippen molar-refractivity contribution in [2.75, 3.05) is 0 Å². The molecule has 1 aliphatic heterocycles. The molecule has 132 valence electrons. The second-order valence-electron chi connectivity index (χ2n) is 8.53. The number of hydrogen-bond acceptors (Lipinski definition) is 3. The van der Waals surface area contributed by atoms with Gasteiger partial charge < -0.3 is 9.88 Å². The van der Waals surface area contributed by atoms with E-state index in [1.54, 1.807) is 0 Å². The van der Waals surface area contributed by atoms with Crippen molar-refractivity contribution in [3.63, 3.8) is 0 Å². The van der Waals surface area contributed by atoms with Crippen LogP contribution in [-0.2, 0) is 17.8 Å². The molecule has 0 spiro atoms. The monoisotopic (exact) mass is 330 g/mol. The van der Waals surface area contributed by atoms with E-state index in [-0.39, 0.29) is 29.2 Å². The quantitative estimate of drug-likeness (QED) is 0.843. The summed E-state index contributed by atoms with van der Waals surface area (Å²) in [6, 6.07) is -0.0689. The van der Waals surface area contributed by atoms with Gasteiger partial charge in [0.2, 0.25) is 5.91 Å². The molecule has 5 nitrogen and oxygen atoms in total. The SMILES string of the molecule is CC(C)=C[C@@H]1[C@H](C(=O)N[C@H](c2nnc3n2CCC3)C(C)C)C1(C)C. The third kappa shape index (κ3) is 2.89. The minimum atomic E-state index is -0.0689. The molecule has 1 N–H and O–H groups in total. The number of carbonyl (C=O) groups excluding carboxylic acids is 1. The Morgan fingerprint density at radius 2 is 2.04 bits per heavy atom. The van der Waals surface area contributed by atoms with E-state index in [9.17, 15) is 4.79 Å². The molecule has 0 unspecified atom stereocenters. The van der Waals surface area contributed by atoms with Crippen LogP contribution in [0.5, 0.6) is 0 Å². The lowest BCUT2D eigenvalue weighted by Gasteiger charge is -2.22. The Labute approximate surface area is 144 Å². The van der Waals surface area contributed by atoms with Crippen LogP contribution in [0.1, 0.15) is 65.7 Å². The molecule has 0 aromatic carbocycles. The number of allylic oxidation sites excluding steroid dienone is 2. The van der Waals surface area contributed by atoms with Crippen molar-refractivity contribution in [2.45, 2.75) is 67.0 Å². The molecular formula is C19H30N4O. The number of rotatable bonds is 5. The highest BCUT2D eigenvalue weighted by molar-refractivity contribution is 5.84. The summed E-state index contributed by atoms with van der Waals surface area (Å²) in [6.07, 6.45) is 4.35. The molecule has 0 bridgehead atoms. The highest BCUT2D eigenvalue weighted by Gasteiger charge is 2.60. The third-order valence-electron chi connectivity index (χ3n) is 5.59. The summed E-state index contributed by atoms with van der Waals surface area (Å²) in [4.78, 5) is 12.9. The molecule has 1 aliphatic carbocycles. The molecule has 0 radical (unpaired) electrons. The molecule has 1 aromatic heterocycles. The molecule has 1 aromatic rings. The van der Waals surface area contributed by atoms with E-state index < -0.39 is 0 Å².